The van der Waals surface area contributed by atoms with Crippen molar-refractivity contribution in [3.8, 4) is 0 Å². The standard InChI is InChI=1S/C25H34N4O4S/c1-19-6-4-5-7-23(19)28-12-10-27(11-13-28)21(3)25(30)26-22-9-8-20(2)24(18-22)34(31,32)29-14-16-33-17-15-29/h4-9,18,21H,10-17H2,1-3H3,(H,26,30)/t21-/m1/s1. The van der Waals surface area contributed by atoms with Crippen LogP contribution < -0.4 is 10.2 Å². The van der Waals surface area contributed by atoms with Crippen LogP contribution in [0.1, 0.15) is 18.1 Å². The van der Waals surface area contributed by atoms with Crippen LogP contribution in [0.4, 0.5) is 11.4 Å². The molecular weight excluding hydrogens is 452 g/mol. The molecule has 4 rings (SSSR count). The summed E-state index contributed by atoms with van der Waals surface area (Å²) in [5.41, 5.74) is 3.65. The van der Waals surface area contributed by atoms with E-state index in [4.69, 9.17) is 4.74 Å². The number of nitrogens with one attached hydrogen (secondary N) is 1. The SMILES string of the molecule is Cc1ccccc1N1CCN([C@H](C)C(=O)Nc2ccc(C)c(S(=O)(=O)N3CCOCC3)c2)CC1. The van der Waals surface area contributed by atoms with Crippen LogP contribution in [0.2, 0.25) is 0 Å². The van der Waals surface area contributed by atoms with Crippen molar-refractivity contribution >= 4 is 27.3 Å². The minimum atomic E-state index is -3.64. The maximum Gasteiger partial charge on any atom is 0.243 e. The van der Waals surface area contributed by atoms with Crippen molar-refractivity contribution in [3.63, 3.8) is 0 Å². The molecule has 184 valence electrons. The summed E-state index contributed by atoms with van der Waals surface area (Å²) in [5, 5.41) is 2.93. The lowest BCUT2D eigenvalue weighted by Crippen LogP contribution is -2.53. The van der Waals surface area contributed by atoms with E-state index in [1.807, 2.05) is 13.0 Å². The van der Waals surface area contributed by atoms with Gasteiger partial charge in [0.15, 0.2) is 0 Å². The average Bonchev–Trinajstić information content (AvgIpc) is 2.85. The van der Waals surface area contributed by atoms with Crippen molar-refractivity contribution < 1.29 is 17.9 Å². The fourth-order valence-electron chi connectivity index (χ4n) is 4.56. The average molecular weight is 487 g/mol. The van der Waals surface area contributed by atoms with Gasteiger partial charge in [-0.25, -0.2) is 8.42 Å². The largest absolute Gasteiger partial charge is 0.379 e. The molecule has 0 aromatic heterocycles. The number of hydrogen-bond donors (Lipinski definition) is 1. The first-order chi connectivity index (χ1) is 16.3. The van der Waals surface area contributed by atoms with Gasteiger partial charge in [-0.05, 0) is 50.1 Å². The van der Waals surface area contributed by atoms with Crippen LogP contribution in [0.5, 0.6) is 0 Å². The van der Waals surface area contributed by atoms with E-state index in [9.17, 15) is 13.2 Å². The first-order valence-corrected chi connectivity index (χ1v) is 13.3. The molecule has 0 radical (unpaired) electrons. The van der Waals surface area contributed by atoms with E-state index in [-0.39, 0.29) is 16.8 Å². The number of amides is 1. The molecule has 8 nitrogen and oxygen atoms in total. The van der Waals surface area contributed by atoms with Gasteiger partial charge in [0.05, 0.1) is 24.2 Å². The number of piperazine rings is 1. The van der Waals surface area contributed by atoms with Gasteiger partial charge in [-0.1, -0.05) is 24.3 Å². The van der Waals surface area contributed by atoms with Crippen molar-refractivity contribution in [3.05, 3.63) is 53.6 Å². The first-order valence-electron chi connectivity index (χ1n) is 11.8. The number of anilines is 2. The second kappa shape index (κ2) is 10.4. The summed E-state index contributed by atoms with van der Waals surface area (Å²) in [6.07, 6.45) is 0. The second-order valence-electron chi connectivity index (χ2n) is 8.97. The van der Waals surface area contributed by atoms with Gasteiger partial charge in [-0.2, -0.15) is 4.31 Å². The summed E-state index contributed by atoms with van der Waals surface area (Å²) in [5.74, 6) is -0.136. The summed E-state index contributed by atoms with van der Waals surface area (Å²) in [6.45, 7) is 10.5. The number of aryl methyl sites for hydroxylation is 2. The summed E-state index contributed by atoms with van der Waals surface area (Å²) in [6, 6.07) is 13.1. The Balaban J connectivity index is 1.40. The van der Waals surface area contributed by atoms with Gasteiger partial charge >= 0.3 is 0 Å². The van der Waals surface area contributed by atoms with E-state index < -0.39 is 10.0 Å². The van der Waals surface area contributed by atoms with Gasteiger partial charge in [0.2, 0.25) is 15.9 Å². The van der Waals surface area contributed by atoms with Crippen LogP contribution in [-0.2, 0) is 19.6 Å². The third kappa shape index (κ3) is 5.27. The molecule has 2 aromatic rings. The summed E-state index contributed by atoms with van der Waals surface area (Å²) >= 11 is 0. The Morgan fingerprint density at radius 1 is 0.941 bits per heavy atom. The molecule has 2 aliphatic heterocycles. The Morgan fingerprint density at radius 2 is 1.62 bits per heavy atom. The molecule has 2 aliphatic rings. The van der Waals surface area contributed by atoms with Gasteiger partial charge in [0, 0.05) is 50.6 Å². The normalized spacial score (nSPS) is 19.1. The Labute approximate surface area is 202 Å². The number of nitrogens with zero attached hydrogens (tertiary/aromatic N) is 3. The highest BCUT2D eigenvalue weighted by atomic mass is 32.2. The summed E-state index contributed by atoms with van der Waals surface area (Å²) in [4.78, 5) is 17.8. The first kappa shape index (κ1) is 24.7. The number of hydrogen-bond acceptors (Lipinski definition) is 6. The maximum absolute atomic E-state index is 13.1. The second-order valence-corrected chi connectivity index (χ2v) is 10.9. The molecule has 34 heavy (non-hydrogen) atoms. The Hall–Kier alpha value is -2.46. The van der Waals surface area contributed by atoms with Gasteiger partial charge < -0.3 is 15.0 Å². The molecule has 2 saturated heterocycles. The van der Waals surface area contributed by atoms with Crippen molar-refractivity contribution in [1.29, 1.82) is 0 Å². The molecule has 0 unspecified atom stereocenters. The van der Waals surface area contributed by atoms with Gasteiger partial charge in [0.25, 0.3) is 0 Å². The lowest BCUT2D eigenvalue weighted by atomic mass is 10.1. The Kier molecular flexibility index (Phi) is 7.57. The molecule has 0 spiro atoms. The van der Waals surface area contributed by atoms with Crippen LogP contribution in [0.15, 0.2) is 47.4 Å². The van der Waals surface area contributed by atoms with Crippen LogP contribution in [0.25, 0.3) is 0 Å². The highest BCUT2D eigenvalue weighted by Gasteiger charge is 2.29. The number of morpholine rings is 1. The zero-order valence-corrected chi connectivity index (χ0v) is 21.0. The summed E-state index contributed by atoms with van der Waals surface area (Å²) < 4.78 is 33.0. The van der Waals surface area contributed by atoms with Crippen molar-refractivity contribution in [2.75, 3.05) is 62.7 Å². The predicted octanol–water partition coefficient (Wildman–Crippen LogP) is 2.47. The topological polar surface area (TPSA) is 82.2 Å². The number of carbonyl (C=O) groups is 1. The number of benzene rings is 2. The van der Waals surface area contributed by atoms with Crippen LogP contribution >= 0.6 is 0 Å². The van der Waals surface area contributed by atoms with Gasteiger partial charge in [-0.15, -0.1) is 0 Å². The van der Waals surface area contributed by atoms with Crippen molar-refractivity contribution in [1.82, 2.24) is 9.21 Å². The van der Waals surface area contributed by atoms with E-state index >= 15 is 0 Å². The fourth-order valence-corrected chi connectivity index (χ4v) is 6.22. The maximum atomic E-state index is 13.1. The molecule has 2 aromatic carbocycles. The van der Waals surface area contributed by atoms with Crippen molar-refractivity contribution in [2.24, 2.45) is 0 Å². The lowest BCUT2D eigenvalue weighted by Gasteiger charge is -2.39. The molecule has 1 amide bonds. The Morgan fingerprint density at radius 3 is 2.29 bits per heavy atom. The molecule has 0 bridgehead atoms. The van der Waals surface area contributed by atoms with E-state index in [0.717, 1.165) is 26.2 Å². The summed E-state index contributed by atoms with van der Waals surface area (Å²) in [7, 11) is -3.64. The number of para-hydroxylation sites is 1. The van der Waals surface area contributed by atoms with E-state index in [1.165, 1.54) is 15.6 Å². The molecule has 2 fully saturated rings. The number of rotatable bonds is 6. The molecule has 9 heteroatoms. The third-order valence-electron chi connectivity index (χ3n) is 6.74. The molecule has 0 aliphatic carbocycles. The third-order valence-corrected chi connectivity index (χ3v) is 8.78. The highest BCUT2D eigenvalue weighted by Crippen LogP contribution is 2.25. The lowest BCUT2D eigenvalue weighted by molar-refractivity contribution is -0.120. The van der Waals surface area contributed by atoms with Gasteiger partial charge in [-0.3, -0.25) is 9.69 Å². The molecular formula is C25H34N4O4S. The smallest absolute Gasteiger partial charge is 0.243 e. The monoisotopic (exact) mass is 486 g/mol. The Bertz CT molecular complexity index is 1120. The van der Waals surface area contributed by atoms with Crippen molar-refractivity contribution in [2.45, 2.75) is 31.7 Å². The van der Waals surface area contributed by atoms with Crippen LogP contribution in [0, 0.1) is 13.8 Å². The van der Waals surface area contributed by atoms with Crippen LogP contribution in [-0.4, -0.2) is 82.1 Å². The minimum absolute atomic E-state index is 0.136. The minimum Gasteiger partial charge on any atom is -0.379 e. The quantitative estimate of drug-likeness (QED) is 0.676. The highest BCUT2D eigenvalue weighted by molar-refractivity contribution is 7.89. The van der Waals surface area contributed by atoms with Gasteiger partial charge in [0.1, 0.15) is 0 Å². The molecule has 1 N–H and O–H groups in total. The molecule has 0 saturated carbocycles. The molecule has 1 atom stereocenters. The zero-order valence-electron chi connectivity index (χ0n) is 20.2. The van der Waals surface area contributed by atoms with E-state index in [0.29, 0.717) is 37.6 Å². The van der Waals surface area contributed by atoms with E-state index in [1.54, 1.807) is 25.1 Å². The van der Waals surface area contributed by atoms with Crippen LogP contribution in [0.3, 0.4) is 0 Å². The molecule has 2 heterocycles. The predicted molar refractivity (Wildman–Crippen MR) is 134 cm³/mol. The zero-order chi connectivity index (χ0) is 24.3. The number of carbonyl (C=O) groups excluding carboxylic acids is 1. The van der Waals surface area contributed by atoms with E-state index in [2.05, 4.69) is 40.2 Å². The number of sulfonamides is 1. The number of ether oxygens (including phenoxy) is 1. The fraction of sp³-hybridized carbons (Fsp3) is 0.480.